The molecular formula is C22H28ClN5O5. The van der Waals surface area contributed by atoms with Gasteiger partial charge in [-0.1, -0.05) is 44.9 Å². The van der Waals surface area contributed by atoms with Crippen molar-refractivity contribution < 1.29 is 9.72 Å². The molecule has 0 aliphatic carbocycles. The number of nitro groups is 1. The third-order valence-corrected chi connectivity index (χ3v) is 5.32. The molecule has 1 aromatic carbocycles. The topological polar surface area (TPSA) is 144 Å². The number of nitro benzene ring substituents is 1. The minimum absolute atomic E-state index is 0.0179. The van der Waals surface area contributed by atoms with E-state index in [4.69, 9.17) is 17.3 Å². The van der Waals surface area contributed by atoms with E-state index in [1.165, 1.54) is 39.8 Å². The van der Waals surface area contributed by atoms with Gasteiger partial charge in [-0.3, -0.25) is 29.3 Å². The molecule has 0 atom stereocenters. The second-order valence-corrected chi connectivity index (χ2v) is 8.38. The largest absolute Gasteiger partial charge is 0.383 e. The van der Waals surface area contributed by atoms with Gasteiger partial charge in [-0.05, 0) is 36.5 Å². The number of benzene rings is 1. The minimum Gasteiger partial charge on any atom is -0.383 e. The van der Waals surface area contributed by atoms with Gasteiger partial charge in [0.15, 0.2) is 5.69 Å². The number of hydrogen-bond donors (Lipinski definition) is 2. The van der Waals surface area contributed by atoms with Crippen molar-refractivity contribution >= 4 is 40.8 Å². The highest BCUT2D eigenvalue weighted by molar-refractivity contribution is 6.32. The van der Waals surface area contributed by atoms with Crippen LogP contribution in [0.5, 0.6) is 0 Å². The Morgan fingerprint density at radius 1 is 1.36 bits per heavy atom. The van der Waals surface area contributed by atoms with Crippen LogP contribution in [-0.2, 0) is 11.3 Å². The van der Waals surface area contributed by atoms with Gasteiger partial charge in [0, 0.05) is 25.2 Å². The number of hydrogen-bond acceptors (Lipinski definition) is 6. The quantitative estimate of drug-likeness (QED) is 0.304. The molecule has 33 heavy (non-hydrogen) atoms. The Hall–Kier alpha value is -3.40. The third kappa shape index (κ3) is 6.55. The third-order valence-electron chi connectivity index (χ3n) is 5.00. The molecule has 0 bridgehead atoms. The van der Waals surface area contributed by atoms with Gasteiger partial charge >= 0.3 is 5.69 Å². The second kappa shape index (κ2) is 11.5. The summed E-state index contributed by atoms with van der Waals surface area (Å²) in [5.74, 6) is -0.398. The maximum absolute atomic E-state index is 13.1. The molecule has 3 N–H and O–H groups in total. The number of nitrogens with one attached hydrogen (secondary N) is 1. The number of rotatable bonds is 10. The van der Waals surface area contributed by atoms with Crippen LogP contribution in [0.4, 0.5) is 17.2 Å². The number of amides is 1. The first kappa shape index (κ1) is 25.9. The second-order valence-electron chi connectivity index (χ2n) is 7.97. The predicted molar refractivity (Wildman–Crippen MR) is 130 cm³/mol. The first-order valence-corrected chi connectivity index (χ1v) is 11.0. The van der Waals surface area contributed by atoms with Crippen LogP contribution in [0.2, 0.25) is 5.02 Å². The number of aromatic nitrogens is 2. The fraction of sp³-hybridized carbons (Fsp3) is 0.409. The summed E-state index contributed by atoms with van der Waals surface area (Å²) in [7, 11) is 0. The Morgan fingerprint density at radius 2 is 2.06 bits per heavy atom. The van der Waals surface area contributed by atoms with E-state index in [0.29, 0.717) is 24.9 Å². The number of unbranched alkanes of at least 4 members (excludes halogenated alkanes) is 1. The molecule has 1 aromatic heterocycles. The fourth-order valence-electron chi connectivity index (χ4n) is 3.13. The Labute approximate surface area is 195 Å². The van der Waals surface area contributed by atoms with E-state index < -0.39 is 22.1 Å². The van der Waals surface area contributed by atoms with Gasteiger partial charge in [0.25, 0.3) is 17.2 Å². The smallest absolute Gasteiger partial charge is 0.330 e. The van der Waals surface area contributed by atoms with Crippen molar-refractivity contribution in [2.45, 2.75) is 46.6 Å². The number of anilines is 2. The Balaban J connectivity index is 2.49. The molecular weight excluding hydrogens is 450 g/mol. The van der Waals surface area contributed by atoms with Gasteiger partial charge in [0.1, 0.15) is 10.8 Å². The van der Waals surface area contributed by atoms with E-state index in [0.717, 1.165) is 6.42 Å². The number of carbonyl (C=O) groups is 1. The molecule has 2 aromatic rings. The predicted octanol–water partition coefficient (Wildman–Crippen LogP) is 3.57. The maximum Gasteiger partial charge on any atom is 0.330 e. The van der Waals surface area contributed by atoms with Crippen molar-refractivity contribution in [3.63, 3.8) is 0 Å². The van der Waals surface area contributed by atoms with Gasteiger partial charge in [0.05, 0.1) is 4.92 Å². The molecule has 1 heterocycles. The Bertz CT molecular complexity index is 1170. The van der Waals surface area contributed by atoms with Crippen molar-refractivity contribution in [3.05, 3.63) is 65.8 Å². The van der Waals surface area contributed by atoms with Crippen LogP contribution >= 0.6 is 11.6 Å². The van der Waals surface area contributed by atoms with Gasteiger partial charge in [-0.15, -0.1) is 0 Å². The molecule has 178 valence electrons. The lowest BCUT2D eigenvalue weighted by molar-refractivity contribution is -0.384. The number of aromatic amines is 1. The average molecular weight is 478 g/mol. The van der Waals surface area contributed by atoms with Crippen LogP contribution in [0, 0.1) is 16.0 Å². The zero-order valence-electron chi connectivity index (χ0n) is 18.8. The lowest BCUT2D eigenvalue weighted by atomic mass is 10.1. The summed E-state index contributed by atoms with van der Waals surface area (Å²) < 4.78 is 1.25. The van der Waals surface area contributed by atoms with Gasteiger partial charge in [0.2, 0.25) is 0 Å². The van der Waals surface area contributed by atoms with Gasteiger partial charge in [-0.2, -0.15) is 0 Å². The summed E-state index contributed by atoms with van der Waals surface area (Å²) in [4.78, 5) is 52.0. The molecule has 10 nitrogen and oxygen atoms in total. The van der Waals surface area contributed by atoms with Crippen molar-refractivity contribution in [1.29, 1.82) is 0 Å². The SMILES string of the molecule is CCCCn1c(N)c(N(CCC(C)C)C(=O)/C=C/c2ccc(Cl)c([N+](=O)[O-])c2)c(=O)[nH]c1=O. The number of H-pyrrole nitrogens is 1. The lowest BCUT2D eigenvalue weighted by Crippen LogP contribution is -2.41. The molecule has 11 heteroatoms. The van der Waals surface area contributed by atoms with E-state index in [2.05, 4.69) is 4.98 Å². The molecule has 0 fully saturated rings. The highest BCUT2D eigenvalue weighted by atomic mass is 35.5. The van der Waals surface area contributed by atoms with Crippen LogP contribution in [0.15, 0.2) is 33.9 Å². The van der Waals surface area contributed by atoms with E-state index in [9.17, 15) is 24.5 Å². The molecule has 0 aliphatic heterocycles. The van der Waals surface area contributed by atoms with Crippen LogP contribution in [-0.4, -0.2) is 26.9 Å². The number of nitrogens with two attached hydrogens (primary N) is 1. The molecule has 1 amide bonds. The highest BCUT2D eigenvalue weighted by Gasteiger charge is 2.23. The standard InChI is InChI=1S/C22H28ClN5O5/c1-4-5-11-27-20(24)19(21(30)25-22(27)31)26(12-10-14(2)3)18(29)9-7-15-6-8-16(23)17(13-15)28(32)33/h6-9,13-14H,4-5,10-12,24H2,1-3H3,(H,25,30,31)/b9-7+. The summed E-state index contributed by atoms with van der Waals surface area (Å²) in [5.41, 5.74) is 4.81. The minimum atomic E-state index is -0.752. The number of nitrogens with zero attached hydrogens (tertiary/aromatic N) is 3. The monoisotopic (exact) mass is 477 g/mol. The van der Waals surface area contributed by atoms with Crippen LogP contribution in [0.25, 0.3) is 6.08 Å². The summed E-state index contributed by atoms with van der Waals surface area (Å²) in [6, 6.07) is 4.15. The zero-order valence-corrected chi connectivity index (χ0v) is 19.6. The Morgan fingerprint density at radius 3 is 2.67 bits per heavy atom. The normalized spacial score (nSPS) is 11.3. The summed E-state index contributed by atoms with van der Waals surface area (Å²) in [6.45, 7) is 6.41. The van der Waals surface area contributed by atoms with Crippen molar-refractivity contribution in [2.24, 2.45) is 5.92 Å². The van der Waals surface area contributed by atoms with Crippen LogP contribution < -0.4 is 21.9 Å². The van der Waals surface area contributed by atoms with Gasteiger partial charge < -0.3 is 10.6 Å². The molecule has 0 unspecified atom stereocenters. The number of carbonyl (C=O) groups excluding carboxylic acids is 1. The zero-order chi connectivity index (χ0) is 24.7. The van der Waals surface area contributed by atoms with E-state index in [-0.39, 0.29) is 34.7 Å². The van der Waals surface area contributed by atoms with Crippen LogP contribution in [0.1, 0.15) is 45.6 Å². The van der Waals surface area contributed by atoms with Crippen molar-refractivity contribution in [3.8, 4) is 0 Å². The van der Waals surface area contributed by atoms with E-state index in [1.807, 2.05) is 20.8 Å². The average Bonchev–Trinajstić information content (AvgIpc) is 2.74. The van der Waals surface area contributed by atoms with Crippen molar-refractivity contribution in [1.82, 2.24) is 9.55 Å². The van der Waals surface area contributed by atoms with Gasteiger partial charge in [-0.25, -0.2) is 4.79 Å². The number of nitrogen functional groups attached to an aromatic ring is 1. The molecule has 0 saturated carbocycles. The Kier molecular flexibility index (Phi) is 8.98. The number of halogens is 1. The first-order chi connectivity index (χ1) is 15.6. The molecule has 0 radical (unpaired) electrons. The lowest BCUT2D eigenvalue weighted by Gasteiger charge is -2.24. The molecule has 2 rings (SSSR count). The highest BCUT2D eigenvalue weighted by Crippen LogP contribution is 2.26. The first-order valence-electron chi connectivity index (χ1n) is 10.6. The molecule has 0 spiro atoms. The summed E-state index contributed by atoms with van der Waals surface area (Å²) in [5, 5.41) is 11.1. The fourth-order valence-corrected chi connectivity index (χ4v) is 3.31. The summed E-state index contributed by atoms with van der Waals surface area (Å²) >= 11 is 5.83. The maximum atomic E-state index is 13.1. The van der Waals surface area contributed by atoms with Crippen LogP contribution in [0.3, 0.4) is 0 Å². The molecule has 0 saturated heterocycles. The van der Waals surface area contributed by atoms with E-state index in [1.54, 1.807) is 0 Å². The molecule has 0 aliphatic rings. The summed E-state index contributed by atoms with van der Waals surface area (Å²) in [6.07, 6.45) is 4.66. The van der Waals surface area contributed by atoms with Crippen molar-refractivity contribution in [2.75, 3.05) is 17.2 Å². The van der Waals surface area contributed by atoms with E-state index >= 15 is 0 Å².